The van der Waals surface area contributed by atoms with Crippen LogP contribution in [0.3, 0.4) is 0 Å². The highest BCUT2D eigenvalue weighted by atomic mass is 32.1. The van der Waals surface area contributed by atoms with E-state index in [-0.39, 0.29) is 5.56 Å². The third-order valence-corrected chi connectivity index (χ3v) is 4.74. The van der Waals surface area contributed by atoms with Crippen LogP contribution in [0.4, 0.5) is 0 Å². The van der Waals surface area contributed by atoms with Gasteiger partial charge in [-0.15, -0.1) is 11.3 Å². The Balaban J connectivity index is 1.82. The van der Waals surface area contributed by atoms with Gasteiger partial charge in [-0.25, -0.2) is 4.98 Å². The van der Waals surface area contributed by atoms with Gasteiger partial charge in [0.1, 0.15) is 10.5 Å². The molecule has 3 aromatic rings. The molecule has 0 atom stereocenters. The number of aromatic nitrogens is 2. The Morgan fingerprint density at radius 2 is 2.05 bits per heavy atom. The van der Waals surface area contributed by atoms with Gasteiger partial charge in [0.2, 0.25) is 0 Å². The maximum absolute atomic E-state index is 12.0. The molecule has 3 rings (SSSR count). The minimum atomic E-state index is -0.0399. The monoisotopic (exact) mass is 313 g/mol. The number of fused-ring (bicyclic) bond motifs is 1. The fourth-order valence-electron chi connectivity index (χ4n) is 2.52. The number of aryl methyl sites for hydroxylation is 1. The van der Waals surface area contributed by atoms with Crippen molar-refractivity contribution in [2.24, 2.45) is 0 Å². The van der Waals surface area contributed by atoms with E-state index in [1.165, 1.54) is 22.5 Å². The van der Waals surface area contributed by atoms with E-state index in [1.807, 2.05) is 11.4 Å². The molecule has 0 radical (unpaired) electrons. The molecule has 0 amide bonds. The minimum Gasteiger partial charge on any atom is -0.308 e. The molecule has 1 aromatic carbocycles. The Morgan fingerprint density at radius 3 is 2.82 bits per heavy atom. The fraction of sp³-hybridized carbons (Fsp3) is 0.294. The molecular formula is C17H19N3OS. The maximum atomic E-state index is 12.0. The van der Waals surface area contributed by atoms with E-state index in [0.717, 1.165) is 24.4 Å². The molecule has 0 aliphatic carbocycles. The molecular weight excluding hydrogens is 294 g/mol. The van der Waals surface area contributed by atoms with Crippen molar-refractivity contribution >= 4 is 21.6 Å². The molecule has 4 nitrogen and oxygen atoms in total. The second kappa shape index (κ2) is 6.42. The number of benzene rings is 1. The van der Waals surface area contributed by atoms with E-state index in [2.05, 4.69) is 53.0 Å². The van der Waals surface area contributed by atoms with Gasteiger partial charge in [0.25, 0.3) is 5.56 Å². The van der Waals surface area contributed by atoms with Crippen molar-refractivity contribution in [3.8, 4) is 0 Å². The summed E-state index contributed by atoms with van der Waals surface area (Å²) in [6.07, 6.45) is 0. The van der Waals surface area contributed by atoms with Gasteiger partial charge < -0.3 is 4.98 Å². The largest absolute Gasteiger partial charge is 0.308 e. The van der Waals surface area contributed by atoms with Gasteiger partial charge in [-0.3, -0.25) is 9.69 Å². The molecule has 0 saturated carbocycles. The predicted molar refractivity (Wildman–Crippen MR) is 91.2 cm³/mol. The summed E-state index contributed by atoms with van der Waals surface area (Å²) in [7, 11) is 0. The molecule has 114 valence electrons. The second-order valence-electron chi connectivity index (χ2n) is 5.38. The minimum absolute atomic E-state index is 0.0399. The van der Waals surface area contributed by atoms with Gasteiger partial charge >= 0.3 is 0 Å². The van der Waals surface area contributed by atoms with Crippen LogP contribution < -0.4 is 5.56 Å². The van der Waals surface area contributed by atoms with Crippen molar-refractivity contribution in [2.45, 2.75) is 26.9 Å². The van der Waals surface area contributed by atoms with Crippen molar-refractivity contribution in [1.82, 2.24) is 14.9 Å². The normalized spacial score (nSPS) is 11.4. The second-order valence-corrected chi connectivity index (χ2v) is 6.29. The van der Waals surface area contributed by atoms with Crippen molar-refractivity contribution in [3.05, 3.63) is 63.0 Å². The summed E-state index contributed by atoms with van der Waals surface area (Å²) < 4.78 is 0.700. The number of nitrogens with one attached hydrogen (secondary N) is 1. The number of H-pyrrole nitrogens is 1. The molecule has 5 heteroatoms. The third kappa shape index (κ3) is 3.10. The van der Waals surface area contributed by atoms with Crippen LogP contribution in [0.5, 0.6) is 0 Å². The number of hydrogen-bond acceptors (Lipinski definition) is 4. The number of aromatic amines is 1. The smallest absolute Gasteiger partial charge is 0.268 e. The average molecular weight is 313 g/mol. The van der Waals surface area contributed by atoms with Gasteiger partial charge in [0, 0.05) is 6.54 Å². The summed E-state index contributed by atoms with van der Waals surface area (Å²) in [5, 5.41) is 1.90. The molecule has 0 fully saturated rings. The Kier molecular flexibility index (Phi) is 4.36. The summed E-state index contributed by atoms with van der Waals surface area (Å²) in [4.78, 5) is 21.8. The zero-order valence-corrected chi connectivity index (χ0v) is 13.6. The van der Waals surface area contributed by atoms with Crippen molar-refractivity contribution in [3.63, 3.8) is 0 Å². The summed E-state index contributed by atoms with van der Waals surface area (Å²) in [5.41, 5.74) is 3.34. The lowest BCUT2D eigenvalue weighted by Gasteiger charge is -2.20. The zero-order chi connectivity index (χ0) is 15.5. The van der Waals surface area contributed by atoms with Crippen LogP contribution in [-0.4, -0.2) is 21.4 Å². The van der Waals surface area contributed by atoms with Gasteiger partial charge in [0.05, 0.1) is 12.1 Å². The molecule has 0 aliphatic heterocycles. The van der Waals surface area contributed by atoms with Crippen LogP contribution in [0, 0.1) is 6.92 Å². The van der Waals surface area contributed by atoms with Gasteiger partial charge in [-0.2, -0.15) is 0 Å². The first-order valence-corrected chi connectivity index (χ1v) is 8.28. The molecule has 0 aliphatic rings. The highest BCUT2D eigenvalue weighted by molar-refractivity contribution is 7.17. The van der Waals surface area contributed by atoms with Crippen LogP contribution in [0.2, 0.25) is 0 Å². The third-order valence-electron chi connectivity index (χ3n) is 3.84. The van der Waals surface area contributed by atoms with Crippen LogP contribution >= 0.6 is 11.3 Å². The van der Waals surface area contributed by atoms with Crippen molar-refractivity contribution < 1.29 is 0 Å². The Labute approximate surface area is 133 Å². The standard InChI is InChI=1S/C17H19N3OS/c1-3-20(10-13-7-5-4-6-12(13)2)11-15-18-14-8-9-22-16(14)17(21)19-15/h4-9H,3,10-11H2,1-2H3,(H,18,19,21). The summed E-state index contributed by atoms with van der Waals surface area (Å²) >= 11 is 1.43. The quantitative estimate of drug-likeness (QED) is 0.786. The van der Waals surface area contributed by atoms with Crippen molar-refractivity contribution in [1.29, 1.82) is 0 Å². The molecule has 1 N–H and O–H groups in total. The molecule has 2 heterocycles. The van der Waals surface area contributed by atoms with Gasteiger partial charge in [0.15, 0.2) is 0 Å². The lowest BCUT2D eigenvalue weighted by atomic mass is 10.1. The number of rotatable bonds is 5. The summed E-state index contributed by atoms with van der Waals surface area (Å²) in [6, 6.07) is 10.3. The predicted octanol–water partition coefficient (Wildman–Crippen LogP) is 3.32. The molecule has 0 spiro atoms. The Morgan fingerprint density at radius 1 is 1.23 bits per heavy atom. The number of nitrogens with zero attached hydrogens (tertiary/aromatic N) is 2. The van der Waals surface area contributed by atoms with Crippen LogP contribution in [0.1, 0.15) is 23.9 Å². The molecule has 0 bridgehead atoms. The average Bonchev–Trinajstić information content (AvgIpc) is 2.97. The molecule has 0 saturated heterocycles. The van der Waals surface area contributed by atoms with Crippen LogP contribution in [0.25, 0.3) is 10.2 Å². The number of hydrogen-bond donors (Lipinski definition) is 1. The van der Waals surface area contributed by atoms with E-state index < -0.39 is 0 Å². The molecule has 2 aromatic heterocycles. The highest BCUT2D eigenvalue weighted by Crippen LogP contribution is 2.15. The maximum Gasteiger partial charge on any atom is 0.268 e. The lowest BCUT2D eigenvalue weighted by molar-refractivity contribution is 0.264. The van der Waals surface area contributed by atoms with Crippen LogP contribution in [0.15, 0.2) is 40.5 Å². The van der Waals surface area contributed by atoms with E-state index in [0.29, 0.717) is 11.2 Å². The van der Waals surface area contributed by atoms with E-state index >= 15 is 0 Å². The topological polar surface area (TPSA) is 49.0 Å². The van der Waals surface area contributed by atoms with Gasteiger partial charge in [-0.05, 0) is 36.0 Å². The van der Waals surface area contributed by atoms with E-state index in [9.17, 15) is 4.79 Å². The molecule has 0 unspecified atom stereocenters. The fourth-order valence-corrected chi connectivity index (χ4v) is 3.24. The SMILES string of the molecule is CCN(Cc1nc2ccsc2c(=O)[nH]1)Cc1ccccc1C. The Bertz CT molecular complexity index is 837. The molecule has 22 heavy (non-hydrogen) atoms. The first-order valence-electron chi connectivity index (χ1n) is 7.40. The summed E-state index contributed by atoms with van der Waals surface area (Å²) in [5.74, 6) is 0.728. The first kappa shape index (κ1) is 14.9. The first-order chi connectivity index (χ1) is 10.7. The highest BCUT2D eigenvalue weighted by Gasteiger charge is 2.10. The van der Waals surface area contributed by atoms with Gasteiger partial charge in [-0.1, -0.05) is 31.2 Å². The zero-order valence-electron chi connectivity index (χ0n) is 12.8. The summed E-state index contributed by atoms with van der Waals surface area (Å²) in [6.45, 7) is 6.65. The van der Waals surface area contributed by atoms with Crippen LogP contribution in [-0.2, 0) is 13.1 Å². The lowest BCUT2D eigenvalue weighted by Crippen LogP contribution is -2.25. The van der Waals surface area contributed by atoms with E-state index in [4.69, 9.17) is 0 Å². The number of thiophene rings is 1. The van der Waals surface area contributed by atoms with Crippen molar-refractivity contribution in [2.75, 3.05) is 6.54 Å². The van der Waals surface area contributed by atoms with E-state index in [1.54, 1.807) is 0 Å². The Hall–Kier alpha value is -1.98.